The van der Waals surface area contributed by atoms with Crippen molar-refractivity contribution in [1.82, 2.24) is 0 Å². The van der Waals surface area contributed by atoms with Crippen molar-refractivity contribution in [3.63, 3.8) is 0 Å². The van der Waals surface area contributed by atoms with E-state index in [-0.39, 0.29) is 12.4 Å². The van der Waals surface area contributed by atoms with E-state index in [1.165, 1.54) is 33.0 Å². The van der Waals surface area contributed by atoms with Crippen molar-refractivity contribution in [2.24, 2.45) is 0 Å². The number of carbonyl (C=O) groups excluding carboxylic acids is 1. The molecule has 0 unspecified atom stereocenters. The summed E-state index contributed by atoms with van der Waals surface area (Å²) < 4.78 is 5.40. The van der Waals surface area contributed by atoms with Crippen LogP contribution in [0.25, 0.3) is 28.0 Å². The SMILES string of the molecule is Cc1cc(C)cc(-c2c(C=C[C@@H]3C[C@@H](O)CC(=O)O3)c(C)cc3ccccc23)c1. The van der Waals surface area contributed by atoms with Crippen molar-refractivity contribution in [2.45, 2.75) is 45.8 Å². The Morgan fingerprint density at radius 2 is 1.76 bits per heavy atom. The predicted octanol–water partition coefficient (Wildman–Crippen LogP) is 5.51. The van der Waals surface area contributed by atoms with E-state index in [1.54, 1.807) is 0 Å². The van der Waals surface area contributed by atoms with E-state index in [2.05, 4.69) is 69.3 Å². The van der Waals surface area contributed by atoms with Gasteiger partial charge in [0.05, 0.1) is 12.5 Å². The number of cyclic esters (lactones) is 1. The zero-order valence-corrected chi connectivity index (χ0v) is 17.1. The third-order valence-corrected chi connectivity index (χ3v) is 5.47. The molecule has 0 radical (unpaired) electrons. The van der Waals surface area contributed by atoms with E-state index in [0.717, 1.165) is 11.1 Å². The maximum atomic E-state index is 11.7. The molecule has 3 nitrogen and oxygen atoms in total. The van der Waals surface area contributed by atoms with Gasteiger partial charge >= 0.3 is 5.97 Å². The predicted molar refractivity (Wildman–Crippen MR) is 118 cm³/mol. The molecule has 3 aromatic rings. The topological polar surface area (TPSA) is 46.5 Å². The Balaban J connectivity index is 1.88. The van der Waals surface area contributed by atoms with Crippen molar-refractivity contribution < 1.29 is 14.6 Å². The van der Waals surface area contributed by atoms with Crippen LogP contribution in [0.5, 0.6) is 0 Å². The van der Waals surface area contributed by atoms with Crippen LogP contribution in [0.2, 0.25) is 0 Å². The lowest BCUT2D eigenvalue weighted by molar-refractivity contribution is -0.156. The highest BCUT2D eigenvalue weighted by Crippen LogP contribution is 2.36. The molecule has 0 saturated carbocycles. The molecule has 1 aliphatic rings. The first-order chi connectivity index (χ1) is 13.9. The summed E-state index contributed by atoms with van der Waals surface area (Å²) in [6.45, 7) is 6.35. The molecule has 2 atom stereocenters. The number of fused-ring (bicyclic) bond motifs is 1. The number of aliphatic hydroxyl groups is 1. The minimum absolute atomic E-state index is 0.0765. The monoisotopic (exact) mass is 386 g/mol. The summed E-state index contributed by atoms with van der Waals surface area (Å²) in [5.41, 5.74) is 7.10. The fourth-order valence-corrected chi connectivity index (χ4v) is 4.28. The van der Waals surface area contributed by atoms with Gasteiger partial charge in [-0.2, -0.15) is 0 Å². The summed E-state index contributed by atoms with van der Waals surface area (Å²) in [6, 6.07) is 17.2. The average molecular weight is 386 g/mol. The highest BCUT2D eigenvalue weighted by molar-refractivity contribution is 6.01. The van der Waals surface area contributed by atoms with Crippen LogP contribution in [0, 0.1) is 20.8 Å². The molecule has 0 aromatic heterocycles. The molecule has 3 heteroatoms. The molecule has 1 saturated heterocycles. The molecular weight excluding hydrogens is 360 g/mol. The summed E-state index contributed by atoms with van der Waals surface area (Å²) in [7, 11) is 0. The standard InChI is InChI=1S/C26H26O3/c1-16-10-17(2)12-20(11-16)26-23(9-8-22-14-21(27)15-25(28)29-22)18(3)13-19-6-4-5-7-24(19)26/h4-13,21-22,27H,14-15H2,1-3H3/t21-,22-/m1/s1. The van der Waals surface area contributed by atoms with Gasteiger partial charge in [-0.25, -0.2) is 0 Å². The molecule has 148 valence electrons. The number of esters is 1. The van der Waals surface area contributed by atoms with Crippen molar-refractivity contribution >= 4 is 22.8 Å². The summed E-state index contributed by atoms with van der Waals surface area (Å²) >= 11 is 0. The zero-order chi connectivity index (χ0) is 20.5. The van der Waals surface area contributed by atoms with Gasteiger partial charge in [-0.05, 0) is 59.9 Å². The quantitative estimate of drug-likeness (QED) is 0.604. The minimum atomic E-state index is -0.637. The Hall–Kier alpha value is -2.91. The third kappa shape index (κ3) is 4.10. The second kappa shape index (κ2) is 7.84. The van der Waals surface area contributed by atoms with E-state index in [0.29, 0.717) is 6.42 Å². The number of benzene rings is 3. The normalized spacial score (nSPS) is 19.7. The van der Waals surface area contributed by atoms with Gasteiger partial charge in [0.1, 0.15) is 6.10 Å². The number of rotatable bonds is 3. The van der Waals surface area contributed by atoms with Crippen LogP contribution in [-0.4, -0.2) is 23.3 Å². The lowest BCUT2D eigenvalue weighted by Gasteiger charge is -2.23. The molecule has 0 aliphatic carbocycles. The van der Waals surface area contributed by atoms with Crippen LogP contribution in [0.1, 0.15) is 35.1 Å². The second-order valence-corrected chi connectivity index (χ2v) is 8.06. The van der Waals surface area contributed by atoms with Crippen LogP contribution in [0.15, 0.2) is 54.6 Å². The average Bonchev–Trinajstić information content (AvgIpc) is 2.64. The summed E-state index contributed by atoms with van der Waals surface area (Å²) in [5, 5.41) is 12.3. The molecule has 29 heavy (non-hydrogen) atoms. The Kier molecular flexibility index (Phi) is 5.25. The smallest absolute Gasteiger partial charge is 0.309 e. The molecule has 3 aromatic carbocycles. The Labute approximate surface area is 171 Å². The van der Waals surface area contributed by atoms with Gasteiger partial charge in [-0.3, -0.25) is 4.79 Å². The first kappa shape index (κ1) is 19.4. The first-order valence-electron chi connectivity index (χ1n) is 10.1. The van der Waals surface area contributed by atoms with Crippen molar-refractivity contribution in [2.75, 3.05) is 0 Å². The van der Waals surface area contributed by atoms with Crippen LogP contribution in [0.4, 0.5) is 0 Å². The second-order valence-electron chi connectivity index (χ2n) is 8.06. The van der Waals surface area contributed by atoms with Gasteiger partial charge < -0.3 is 9.84 Å². The Morgan fingerprint density at radius 1 is 1.03 bits per heavy atom. The molecule has 4 rings (SSSR count). The molecule has 1 aliphatic heterocycles. The lowest BCUT2D eigenvalue weighted by atomic mass is 9.88. The van der Waals surface area contributed by atoms with Gasteiger partial charge in [0, 0.05) is 6.42 Å². The maximum Gasteiger partial charge on any atom is 0.309 e. The largest absolute Gasteiger partial charge is 0.458 e. The van der Waals surface area contributed by atoms with Gasteiger partial charge in [-0.15, -0.1) is 0 Å². The summed E-state index contributed by atoms with van der Waals surface area (Å²) in [4.78, 5) is 11.7. The molecular formula is C26H26O3. The zero-order valence-electron chi connectivity index (χ0n) is 17.1. The van der Waals surface area contributed by atoms with Crippen molar-refractivity contribution in [3.8, 4) is 11.1 Å². The fraction of sp³-hybridized carbons (Fsp3) is 0.269. The third-order valence-electron chi connectivity index (χ3n) is 5.47. The molecule has 0 bridgehead atoms. The van der Waals surface area contributed by atoms with E-state index in [9.17, 15) is 9.90 Å². The Morgan fingerprint density at radius 3 is 2.48 bits per heavy atom. The van der Waals surface area contributed by atoms with E-state index in [4.69, 9.17) is 4.74 Å². The number of aliphatic hydroxyl groups excluding tert-OH is 1. The maximum absolute atomic E-state index is 11.7. The Bertz CT molecular complexity index is 1090. The molecule has 1 heterocycles. The van der Waals surface area contributed by atoms with Gasteiger partial charge in [-0.1, -0.05) is 65.7 Å². The molecule has 1 fully saturated rings. The van der Waals surface area contributed by atoms with Gasteiger partial charge in [0.25, 0.3) is 0 Å². The molecule has 0 spiro atoms. The number of carbonyl (C=O) groups is 1. The van der Waals surface area contributed by atoms with Crippen LogP contribution in [-0.2, 0) is 9.53 Å². The lowest BCUT2D eigenvalue weighted by Crippen LogP contribution is -2.31. The van der Waals surface area contributed by atoms with Crippen LogP contribution >= 0.6 is 0 Å². The summed E-state index contributed by atoms with van der Waals surface area (Å²) in [5.74, 6) is -0.344. The molecule has 0 amide bonds. The van der Waals surface area contributed by atoms with Crippen molar-refractivity contribution in [1.29, 1.82) is 0 Å². The van der Waals surface area contributed by atoms with Gasteiger partial charge in [0.15, 0.2) is 0 Å². The highest BCUT2D eigenvalue weighted by Gasteiger charge is 2.25. The summed E-state index contributed by atoms with van der Waals surface area (Å²) in [6.07, 6.45) is 3.43. The van der Waals surface area contributed by atoms with Crippen LogP contribution < -0.4 is 0 Å². The number of aryl methyl sites for hydroxylation is 3. The van der Waals surface area contributed by atoms with E-state index in [1.807, 2.05) is 12.2 Å². The number of hydrogen-bond donors (Lipinski definition) is 1. The van der Waals surface area contributed by atoms with Crippen molar-refractivity contribution in [3.05, 3.63) is 76.9 Å². The fourth-order valence-electron chi connectivity index (χ4n) is 4.28. The minimum Gasteiger partial charge on any atom is -0.458 e. The number of hydrogen-bond acceptors (Lipinski definition) is 3. The van der Waals surface area contributed by atoms with Gasteiger partial charge in [0.2, 0.25) is 0 Å². The van der Waals surface area contributed by atoms with E-state index >= 15 is 0 Å². The van der Waals surface area contributed by atoms with Crippen LogP contribution in [0.3, 0.4) is 0 Å². The molecule has 1 N–H and O–H groups in total. The highest BCUT2D eigenvalue weighted by atomic mass is 16.5. The first-order valence-corrected chi connectivity index (χ1v) is 10.1. The van der Waals surface area contributed by atoms with E-state index < -0.39 is 12.2 Å². The number of ether oxygens (including phenoxy) is 1.